The Balaban J connectivity index is 1.83. The van der Waals surface area contributed by atoms with Crippen LogP contribution in [0.3, 0.4) is 0 Å². The van der Waals surface area contributed by atoms with Crippen LogP contribution in [0.15, 0.2) is 43.0 Å². The normalized spacial score (nSPS) is 49.3. The van der Waals surface area contributed by atoms with E-state index in [1.165, 1.54) is 12.8 Å². The summed E-state index contributed by atoms with van der Waals surface area (Å²) in [6.07, 6.45) is 5.22. The van der Waals surface area contributed by atoms with Crippen molar-refractivity contribution < 1.29 is 0 Å². The zero-order valence-electron chi connectivity index (χ0n) is 8.89. The SMILES string of the molecule is C=CC12C3CC(CC31)[C@H]2c1ccccc1. The van der Waals surface area contributed by atoms with E-state index in [2.05, 4.69) is 43.0 Å². The van der Waals surface area contributed by atoms with Gasteiger partial charge in [-0.05, 0) is 42.1 Å². The largest absolute Gasteiger partial charge is 0.102 e. The average molecular weight is 196 g/mol. The van der Waals surface area contributed by atoms with Crippen LogP contribution >= 0.6 is 0 Å². The molecule has 0 spiro atoms. The summed E-state index contributed by atoms with van der Waals surface area (Å²) in [5, 5.41) is 0. The zero-order chi connectivity index (χ0) is 10.0. The van der Waals surface area contributed by atoms with Crippen molar-refractivity contribution in [3.8, 4) is 0 Å². The Kier molecular flexibility index (Phi) is 1.29. The molecule has 0 saturated heterocycles. The molecule has 0 amide bonds. The second-order valence-electron chi connectivity index (χ2n) is 5.54. The van der Waals surface area contributed by atoms with E-state index < -0.39 is 0 Å². The van der Waals surface area contributed by atoms with Crippen molar-refractivity contribution in [1.29, 1.82) is 0 Å². The van der Waals surface area contributed by atoms with Gasteiger partial charge in [-0.25, -0.2) is 0 Å². The van der Waals surface area contributed by atoms with Crippen LogP contribution in [0.4, 0.5) is 0 Å². The lowest BCUT2D eigenvalue weighted by Crippen LogP contribution is -2.10. The minimum Gasteiger partial charge on any atom is -0.102 e. The molecule has 0 aromatic heterocycles. The number of allylic oxidation sites excluding steroid dienone is 1. The van der Waals surface area contributed by atoms with Gasteiger partial charge in [-0.1, -0.05) is 36.4 Å². The molecule has 76 valence electrons. The van der Waals surface area contributed by atoms with Crippen molar-refractivity contribution in [3.05, 3.63) is 48.6 Å². The van der Waals surface area contributed by atoms with E-state index in [1.54, 1.807) is 5.56 Å². The maximum Gasteiger partial charge on any atom is 0.00129 e. The second-order valence-corrected chi connectivity index (χ2v) is 5.54. The van der Waals surface area contributed by atoms with Gasteiger partial charge in [-0.3, -0.25) is 0 Å². The lowest BCUT2D eigenvalue weighted by Gasteiger charge is -2.21. The maximum atomic E-state index is 4.11. The highest BCUT2D eigenvalue weighted by Gasteiger charge is 2.77. The molecule has 0 N–H and O–H groups in total. The summed E-state index contributed by atoms with van der Waals surface area (Å²) in [5.41, 5.74) is 2.08. The first-order valence-electron chi connectivity index (χ1n) is 6.06. The summed E-state index contributed by atoms with van der Waals surface area (Å²) in [7, 11) is 0. The summed E-state index contributed by atoms with van der Waals surface area (Å²) in [6.45, 7) is 4.11. The van der Waals surface area contributed by atoms with E-state index >= 15 is 0 Å². The first-order chi connectivity index (χ1) is 7.38. The Labute approximate surface area is 91.0 Å². The third kappa shape index (κ3) is 0.737. The van der Waals surface area contributed by atoms with Crippen molar-refractivity contribution >= 4 is 0 Å². The number of benzene rings is 1. The monoisotopic (exact) mass is 196 g/mol. The van der Waals surface area contributed by atoms with Crippen LogP contribution in [0.2, 0.25) is 0 Å². The van der Waals surface area contributed by atoms with E-state index in [1.807, 2.05) is 0 Å². The Morgan fingerprint density at radius 3 is 2.40 bits per heavy atom. The molecule has 4 aliphatic rings. The van der Waals surface area contributed by atoms with Gasteiger partial charge in [0.05, 0.1) is 0 Å². The van der Waals surface area contributed by atoms with Crippen molar-refractivity contribution in [2.24, 2.45) is 23.2 Å². The van der Waals surface area contributed by atoms with E-state index in [9.17, 15) is 0 Å². The Morgan fingerprint density at radius 1 is 1.13 bits per heavy atom. The van der Waals surface area contributed by atoms with Gasteiger partial charge in [0.1, 0.15) is 0 Å². The molecule has 1 aromatic rings. The first kappa shape index (κ1) is 8.15. The molecule has 4 aliphatic carbocycles. The Hall–Kier alpha value is -1.04. The van der Waals surface area contributed by atoms with Crippen molar-refractivity contribution in [3.63, 3.8) is 0 Å². The van der Waals surface area contributed by atoms with Crippen LogP contribution in [-0.2, 0) is 0 Å². The van der Waals surface area contributed by atoms with Crippen LogP contribution in [0, 0.1) is 23.2 Å². The molecule has 0 nitrogen and oxygen atoms in total. The minimum atomic E-state index is 0.520. The number of rotatable bonds is 2. The van der Waals surface area contributed by atoms with Crippen molar-refractivity contribution in [2.45, 2.75) is 18.8 Å². The fraction of sp³-hybridized carbons (Fsp3) is 0.467. The molecule has 4 bridgehead atoms. The van der Waals surface area contributed by atoms with Gasteiger partial charge < -0.3 is 0 Å². The Bertz CT molecular complexity index is 405. The van der Waals surface area contributed by atoms with Gasteiger partial charge in [0.15, 0.2) is 0 Å². The quantitative estimate of drug-likeness (QED) is 0.634. The van der Waals surface area contributed by atoms with E-state index in [0.717, 1.165) is 23.7 Å². The van der Waals surface area contributed by atoms with Gasteiger partial charge in [0.25, 0.3) is 0 Å². The highest BCUT2D eigenvalue weighted by molar-refractivity contribution is 5.41. The second kappa shape index (κ2) is 2.37. The van der Waals surface area contributed by atoms with E-state index in [-0.39, 0.29) is 0 Å². The smallest absolute Gasteiger partial charge is 0.00129 e. The highest BCUT2D eigenvalue weighted by atomic mass is 14.8. The summed E-state index contributed by atoms with van der Waals surface area (Å²) >= 11 is 0. The standard InChI is InChI=1S/C15H16/c1-2-15-12-8-11(9-13(12)15)14(15)10-6-4-3-5-7-10/h2-7,11-14H,1,8-9H2/t11?,12?,13?,14-,15?/m1/s1. The molecular formula is C15H16. The predicted octanol–water partition coefficient (Wildman–Crippen LogP) is 3.61. The highest BCUT2D eigenvalue weighted by Crippen LogP contribution is 2.84. The molecule has 1 aromatic carbocycles. The van der Waals surface area contributed by atoms with E-state index in [0.29, 0.717) is 5.41 Å². The molecule has 4 saturated carbocycles. The molecule has 3 atom stereocenters. The van der Waals surface area contributed by atoms with Gasteiger partial charge in [0.2, 0.25) is 0 Å². The van der Waals surface area contributed by atoms with Crippen molar-refractivity contribution in [1.82, 2.24) is 0 Å². The lowest BCUT2D eigenvalue weighted by atomic mass is 9.83. The summed E-state index contributed by atoms with van der Waals surface area (Å²) in [6, 6.07) is 11.1. The predicted molar refractivity (Wildman–Crippen MR) is 61.5 cm³/mol. The molecule has 0 radical (unpaired) electrons. The van der Waals surface area contributed by atoms with Gasteiger partial charge in [-0.2, -0.15) is 0 Å². The maximum absolute atomic E-state index is 4.11. The minimum absolute atomic E-state index is 0.520. The van der Waals surface area contributed by atoms with Crippen LogP contribution in [0.1, 0.15) is 24.3 Å². The van der Waals surface area contributed by atoms with Crippen LogP contribution in [0.25, 0.3) is 0 Å². The fourth-order valence-electron chi connectivity index (χ4n) is 4.87. The van der Waals surface area contributed by atoms with Gasteiger partial charge in [0, 0.05) is 5.41 Å². The van der Waals surface area contributed by atoms with E-state index in [4.69, 9.17) is 0 Å². The molecular weight excluding hydrogens is 180 g/mol. The first-order valence-corrected chi connectivity index (χ1v) is 6.06. The number of hydrogen-bond donors (Lipinski definition) is 0. The lowest BCUT2D eigenvalue weighted by molar-refractivity contribution is 0.484. The average Bonchev–Trinajstić information content (AvgIpc) is 2.71. The van der Waals surface area contributed by atoms with Gasteiger partial charge >= 0.3 is 0 Å². The summed E-state index contributed by atoms with van der Waals surface area (Å²) in [4.78, 5) is 0. The van der Waals surface area contributed by atoms with Crippen molar-refractivity contribution in [2.75, 3.05) is 0 Å². The molecule has 15 heavy (non-hydrogen) atoms. The van der Waals surface area contributed by atoms with Crippen LogP contribution < -0.4 is 0 Å². The Morgan fingerprint density at radius 2 is 1.80 bits per heavy atom. The molecule has 0 heterocycles. The number of hydrogen-bond acceptors (Lipinski definition) is 0. The molecule has 0 aliphatic heterocycles. The topological polar surface area (TPSA) is 0 Å². The third-order valence-corrected chi connectivity index (χ3v) is 5.30. The third-order valence-electron chi connectivity index (χ3n) is 5.30. The van der Waals surface area contributed by atoms with Crippen LogP contribution in [0.5, 0.6) is 0 Å². The summed E-state index contributed by atoms with van der Waals surface area (Å²) in [5.74, 6) is 3.74. The summed E-state index contributed by atoms with van der Waals surface area (Å²) < 4.78 is 0. The molecule has 0 heteroatoms. The van der Waals surface area contributed by atoms with Crippen LogP contribution in [-0.4, -0.2) is 0 Å². The zero-order valence-corrected chi connectivity index (χ0v) is 8.89. The molecule has 2 unspecified atom stereocenters. The molecule has 5 rings (SSSR count). The van der Waals surface area contributed by atoms with Gasteiger partial charge in [-0.15, -0.1) is 6.58 Å². The fourth-order valence-corrected chi connectivity index (χ4v) is 4.87. The molecule has 4 fully saturated rings.